The molecule has 0 aliphatic carbocycles. The van der Waals surface area contributed by atoms with Gasteiger partial charge in [0, 0.05) is 23.7 Å². The first-order chi connectivity index (χ1) is 15.4. The molecular weight excluding hydrogens is 434 g/mol. The van der Waals surface area contributed by atoms with E-state index in [0.29, 0.717) is 41.5 Å². The topological polar surface area (TPSA) is 160 Å². The maximum Gasteiger partial charge on any atom is 0.249 e. The molecule has 0 spiro atoms. The predicted octanol–water partition coefficient (Wildman–Crippen LogP) is 1.33. The van der Waals surface area contributed by atoms with Gasteiger partial charge < -0.3 is 20.9 Å². The lowest BCUT2D eigenvalue weighted by atomic mass is 10.1. The number of tetrazole rings is 1. The molecule has 1 fully saturated rings. The van der Waals surface area contributed by atoms with E-state index in [2.05, 4.69) is 30.4 Å². The van der Waals surface area contributed by atoms with Crippen molar-refractivity contribution in [3.05, 3.63) is 35.6 Å². The number of hydrogen-bond acceptors (Lipinski definition) is 9. The van der Waals surface area contributed by atoms with E-state index in [1.807, 2.05) is 23.6 Å². The third-order valence-electron chi connectivity index (χ3n) is 5.51. The number of nitrogens with two attached hydrogens (primary N) is 2. The minimum atomic E-state index is -0.544. The van der Waals surface area contributed by atoms with Gasteiger partial charge in [-0.15, -0.1) is 10.2 Å². The Hall–Kier alpha value is -3.80. The van der Waals surface area contributed by atoms with Gasteiger partial charge in [0.05, 0.1) is 12.4 Å². The van der Waals surface area contributed by atoms with E-state index in [-0.39, 0.29) is 23.7 Å². The lowest BCUT2D eigenvalue weighted by Gasteiger charge is -2.41. The Morgan fingerprint density at radius 1 is 1.22 bits per heavy atom. The van der Waals surface area contributed by atoms with Crippen LogP contribution in [0.1, 0.15) is 25.4 Å². The highest BCUT2D eigenvalue weighted by molar-refractivity contribution is 6.30. The number of nitrogen functional groups attached to an aromatic ring is 2. The van der Waals surface area contributed by atoms with E-state index in [1.54, 1.807) is 23.4 Å². The Bertz CT molecular complexity index is 1290. The quantitative estimate of drug-likeness (QED) is 0.454. The average Bonchev–Trinajstić information content (AvgIpc) is 3.36. The highest BCUT2D eigenvalue weighted by atomic mass is 35.5. The van der Waals surface area contributed by atoms with Gasteiger partial charge in [0.2, 0.25) is 17.7 Å². The number of rotatable bonds is 5. The highest BCUT2D eigenvalue weighted by Gasteiger charge is 2.37. The van der Waals surface area contributed by atoms with Crippen molar-refractivity contribution in [1.82, 2.24) is 44.6 Å². The van der Waals surface area contributed by atoms with Crippen LogP contribution in [0.4, 0.5) is 11.8 Å². The van der Waals surface area contributed by atoms with Crippen molar-refractivity contribution in [1.29, 1.82) is 0 Å². The van der Waals surface area contributed by atoms with Crippen molar-refractivity contribution >= 4 is 40.4 Å². The molecule has 13 heteroatoms. The van der Waals surface area contributed by atoms with Crippen molar-refractivity contribution < 1.29 is 4.79 Å². The second-order valence-electron chi connectivity index (χ2n) is 7.55. The zero-order valence-corrected chi connectivity index (χ0v) is 17.9. The van der Waals surface area contributed by atoms with Gasteiger partial charge in [-0.3, -0.25) is 4.79 Å². The van der Waals surface area contributed by atoms with E-state index < -0.39 is 6.04 Å². The van der Waals surface area contributed by atoms with E-state index in [4.69, 9.17) is 23.1 Å². The Morgan fingerprint density at radius 3 is 2.69 bits per heavy atom. The molecule has 1 aliphatic heterocycles. The Kier molecular flexibility index (Phi) is 4.85. The Balaban J connectivity index is 1.31. The first-order valence-electron chi connectivity index (χ1n) is 10.0. The number of nitrogens with zero attached hydrogens (tertiary/aromatic N) is 9. The highest BCUT2D eigenvalue weighted by Crippen LogP contribution is 2.29. The van der Waals surface area contributed by atoms with Gasteiger partial charge in [0.1, 0.15) is 5.52 Å². The molecule has 4 N–H and O–H groups in total. The largest absolute Gasteiger partial charge is 0.382 e. The van der Waals surface area contributed by atoms with Gasteiger partial charge in [-0.2, -0.15) is 14.8 Å². The normalized spacial score (nSPS) is 15.1. The van der Waals surface area contributed by atoms with Crippen LogP contribution >= 0.6 is 11.6 Å². The van der Waals surface area contributed by atoms with Crippen molar-refractivity contribution in [2.75, 3.05) is 24.6 Å². The maximum absolute atomic E-state index is 13.1. The average molecular weight is 454 g/mol. The fraction of sp³-hybridized carbons (Fsp3) is 0.316. The number of imidazole rings is 1. The zero-order valence-electron chi connectivity index (χ0n) is 17.1. The van der Waals surface area contributed by atoms with E-state index in [0.717, 1.165) is 5.56 Å². The predicted molar refractivity (Wildman–Crippen MR) is 117 cm³/mol. The van der Waals surface area contributed by atoms with Crippen molar-refractivity contribution in [2.24, 2.45) is 0 Å². The van der Waals surface area contributed by atoms with Gasteiger partial charge in [-0.1, -0.05) is 18.5 Å². The summed E-state index contributed by atoms with van der Waals surface area (Å²) >= 11 is 5.94. The molecule has 1 unspecified atom stereocenters. The number of fused-ring (bicyclic) bond motifs is 1. The van der Waals surface area contributed by atoms with Crippen LogP contribution in [-0.2, 0) is 4.79 Å². The summed E-state index contributed by atoms with van der Waals surface area (Å²) in [4.78, 5) is 28.7. The first-order valence-corrected chi connectivity index (χ1v) is 10.4. The molecule has 4 heterocycles. The summed E-state index contributed by atoms with van der Waals surface area (Å²) in [5.74, 6) is 0.693. The Labute approximate surface area is 187 Å². The molecule has 164 valence electrons. The molecular formula is C19H20ClN11O. The number of hydrogen-bond donors (Lipinski definition) is 2. The lowest BCUT2D eigenvalue weighted by Crippen LogP contribution is -2.53. The maximum atomic E-state index is 13.1. The minimum Gasteiger partial charge on any atom is -0.382 e. The first kappa shape index (κ1) is 20.1. The third-order valence-corrected chi connectivity index (χ3v) is 5.77. The summed E-state index contributed by atoms with van der Waals surface area (Å²) in [5.41, 5.74) is 13.4. The summed E-state index contributed by atoms with van der Waals surface area (Å²) in [6, 6.07) is 6.61. The molecule has 32 heavy (non-hydrogen) atoms. The number of amides is 1. The van der Waals surface area contributed by atoms with Crippen LogP contribution in [0, 0.1) is 0 Å². The van der Waals surface area contributed by atoms with Crippen LogP contribution in [0.5, 0.6) is 0 Å². The second kappa shape index (κ2) is 7.71. The summed E-state index contributed by atoms with van der Waals surface area (Å²) in [5, 5.41) is 13.2. The van der Waals surface area contributed by atoms with Crippen molar-refractivity contribution in [2.45, 2.75) is 25.4 Å². The molecule has 5 rings (SSSR count). The van der Waals surface area contributed by atoms with Gasteiger partial charge in [-0.05, 0) is 35.9 Å². The molecule has 0 bridgehead atoms. The third kappa shape index (κ3) is 3.38. The van der Waals surface area contributed by atoms with Crippen molar-refractivity contribution in [3.63, 3.8) is 0 Å². The van der Waals surface area contributed by atoms with E-state index in [9.17, 15) is 4.79 Å². The van der Waals surface area contributed by atoms with E-state index >= 15 is 0 Å². The van der Waals surface area contributed by atoms with Crippen LogP contribution in [0.3, 0.4) is 0 Å². The standard InChI is InChI=1S/C19H20ClN11O/c1-2-13(31-27-16(26-28-31)10-3-5-11(20)6-4-10)18(32)29-7-12(8-29)30-9-23-14-15(21)24-19(22)25-17(14)30/h3-6,9,12-13H,2,7-8H2,1H3,(H4,21,22,24,25). The van der Waals surface area contributed by atoms with Crippen LogP contribution < -0.4 is 11.5 Å². The molecule has 1 saturated heterocycles. The van der Waals surface area contributed by atoms with Crippen molar-refractivity contribution in [3.8, 4) is 11.4 Å². The molecule has 0 radical (unpaired) electrons. The van der Waals surface area contributed by atoms with E-state index in [1.165, 1.54) is 4.80 Å². The number of likely N-dealkylation sites (tertiary alicyclic amines) is 1. The molecule has 3 aromatic heterocycles. The fourth-order valence-electron chi connectivity index (χ4n) is 3.75. The SMILES string of the molecule is CCC(C(=O)N1CC(n2cnc3c(N)nc(N)nc32)C1)n1nnc(-c2ccc(Cl)cc2)n1. The molecule has 1 aliphatic rings. The van der Waals surface area contributed by atoms with Gasteiger partial charge in [0.25, 0.3) is 0 Å². The lowest BCUT2D eigenvalue weighted by molar-refractivity contribution is -0.141. The number of anilines is 2. The Morgan fingerprint density at radius 2 is 1.97 bits per heavy atom. The number of halogens is 1. The number of benzene rings is 1. The van der Waals surface area contributed by atoms with Gasteiger partial charge in [0.15, 0.2) is 17.5 Å². The summed E-state index contributed by atoms with van der Waals surface area (Å²) in [6.45, 7) is 2.92. The number of aromatic nitrogens is 8. The molecule has 1 amide bonds. The van der Waals surface area contributed by atoms with Gasteiger partial charge in [-0.25, -0.2) is 4.98 Å². The number of carbonyl (C=O) groups excluding carboxylic acids is 1. The molecule has 12 nitrogen and oxygen atoms in total. The summed E-state index contributed by atoms with van der Waals surface area (Å²) in [6.07, 6.45) is 2.18. The zero-order chi connectivity index (χ0) is 22.4. The minimum absolute atomic E-state index is 0.0171. The fourth-order valence-corrected chi connectivity index (χ4v) is 3.88. The van der Waals surface area contributed by atoms with Crippen LogP contribution in [0.15, 0.2) is 30.6 Å². The number of carbonyl (C=O) groups is 1. The smallest absolute Gasteiger partial charge is 0.249 e. The van der Waals surface area contributed by atoms with Crippen LogP contribution in [-0.4, -0.2) is 63.6 Å². The summed E-state index contributed by atoms with van der Waals surface area (Å²) < 4.78 is 1.88. The molecule has 1 aromatic carbocycles. The van der Waals surface area contributed by atoms with Crippen LogP contribution in [0.2, 0.25) is 5.02 Å². The van der Waals surface area contributed by atoms with Gasteiger partial charge >= 0.3 is 0 Å². The molecule has 0 saturated carbocycles. The van der Waals surface area contributed by atoms with Crippen LogP contribution in [0.25, 0.3) is 22.6 Å². The monoisotopic (exact) mass is 453 g/mol. The molecule has 4 aromatic rings. The molecule has 1 atom stereocenters. The summed E-state index contributed by atoms with van der Waals surface area (Å²) in [7, 11) is 0. The second-order valence-corrected chi connectivity index (χ2v) is 7.99.